The minimum absolute atomic E-state index is 0.0328. The summed E-state index contributed by atoms with van der Waals surface area (Å²) in [7, 11) is 0. The number of aromatic nitrogens is 6. The molecule has 0 saturated carbocycles. The Morgan fingerprint density at radius 2 is 0.824 bits per heavy atom. The first-order valence-corrected chi connectivity index (χ1v) is 24.7. The van der Waals surface area contributed by atoms with Gasteiger partial charge in [0.1, 0.15) is 60.5 Å². The summed E-state index contributed by atoms with van der Waals surface area (Å²) in [6, 6.07) is 13.2. The second-order valence-corrected chi connectivity index (χ2v) is 17.4. The quantitative estimate of drug-likeness (QED) is 0.0206. The lowest BCUT2D eigenvalue weighted by atomic mass is 10.2. The van der Waals surface area contributed by atoms with Crippen molar-refractivity contribution in [3.63, 3.8) is 0 Å². The van der Waals surface area contributed by atoms with E-state index in [1.165, 1.54) is 0 Å². The topological polar surface area (TPSA) is 362 Å². The van der Waals surface area contributed by atoms with Gasteiger partial charge >= 0.3 is 0 Å². The predicted molar refractivity (Wildman–Crippen MR) is 262 cm³/mol. The highest BCUT2D eigenvalue weighted by Crippen LogP contribution is 2.24. The zero-order valence-corrected chi connectivity index (χ0v) is 41.6. The number of aliphatic hydroxyl groups is 8. The number of rotatable bonds is 42. The van der Waals surface area contributed by atoms with Crippen LogP contribution in [0.25, 0.3) is 0 Å². The molecule has 2 heterocycles. The van der Waals surface area contributed by atoms with Crippen LogP contribution < -0.4 is 20.1 Å². The van der Waals surface area contributed by atoms with Crippen molar-refractivity contribution in [2.45, 2.75) is 114 Å². The minimum atomic E-state index is -1.04. The van der Waals surface area contributed by atoms with E-state index in [2.05, 4.69) is 41.5 Å². The molecule has 2 aromatic carbocycles. The molecule has 4 rings (SSSR count). The molecule has 26 heteroatoms. The van der Waals surface area contributed by atoms with Crippen LogP contribution in [0.3, 0.4) is 0 Å². The number of benzene rings is 2. The predicted octanol–water partition coefficient (Wildman–Crippen LogP) is 0.0126. The number of unbranched alkanes of at least 4 members (excludes halogenated alkanes) is 4. The highest BCUT2D eigenvalue weighted by molar-refractivity contribution is 5.76. The third-order valence-corrected chi connectivity index (χ3v) is 10.6. The summed E-state index contributed by atoms with van der Waals surface area (Å²) >= 11 is 0. The van der Waals surface area contributed by atoms with Crippen LogP contribution in [0, 0.1) is 0 Å². The van der Waals surface area contributed by atoms with Crippen molar-refractivity contribution >= 4 is 23.2 Å². The zero-order chi connectivity index (χ0) is 53.2. The van der Waals surface area contributed by atoms with E-state index >= 15 is 0 Å². The summed E-state index contributed by atoms with van der Waals surface area (Å²) in [5, 5.41) is 105. The van der Waals surface area contributed by atoms with E-state index in [4.69, 9.17) is 48.8 Å². The molecule has 0 aliphatic carbocycles. The first-order valence-electron chi connectivity index (χ1n) is 24.7. The normalized spacial score (nSPS) is 14.1. The van der Waals surface area contributed by atoms with Crippen LogP contribution in [-0.2, 0) is 54.8 Å². The average molecular weight is 1050 g/mol. The molecule has 2 aromatic heterocycles. The number of hydrogen-bond acceptors (Lipinski definition) is 22. The highest BCUT2D eigenvalue weighted by atomic mass is 16.5. The lowest BCUT2D eigenvalue weighted by Crippen LogP contribution is -2.42. The molecular formula is C48H74N10O16. The van der Waals surface area contributed by atoms with Gasteiger partial charge in [0.15, 0.2) is 0 Å². The molecule has 0 radical (unpaired) electrons. The number of ether oxygens (including phenoxy) is 6. The van der Waals surface area contributed by atoms with Crippen molar-refractivity contribution in [3.8, 4) is 11.5 Å². The number of nitrogens with zero attached hydrogens (tertiary/aromatic N) is 8. The van der Waals surface area contributed by atoms with Crippen molar-refractivity contribution in [1.29, 1.82) is 0 Å². The van der Waals surface area contributed by atoms with Gasteiger partial charge in [0.2, 0.25) is 11.8 Å². The van der Waals surface area contributed by atoms with Crippen LogP contribution in [0.15, 0.2) is 71.2 Å². The Kier molecular flexibility index (Phi) is 29.9. The van der Waals surface area contributed by atoms with E-state index in [0.717, 1.165) is 25.7 Å². The van der Waals surface area contributed by atoms with Crippen molar-refractivity contribution in [3.05, 3.63) is 72.3 Å². The third kappa shape index (κ3) is 26.5. The number of carbonyl (C=O) groups excluding carboxylic acids is 2. The van der Waals surface area contributed by atoms with Crippen LogP contribution in [-0.4, -0.2) is 198 Å². The van der Waals surface area contributed by atoms with Gasteiger partial charge in [-0.05, 0) is 74.2 Å². The first-order chi connectivity index (χ1) is 35.9. The molecule has 26 nitrogen and oxygen atoms in total. The second-order valence-electron chi connectivity index (χ2n) is 17.4. The summed E-state index contributed by atoms with van der Waals surface area (Å²) < 4.78 is 36.7. The highest BCUT2D eigenvalue weighted by Gasteiger charge is 2.17. The molecule has 0 saturated heterocycles. The van der Waals surface area contributed by atoms with Gasteiger partial charge in [0.05, 0.1) is 115 Å². The van der Waals surface area contributed by atoms with Crippen LogP contribution in [0.2, 0.25) is 0 Å². The van der Waals surface area contributed by atoms with Crippen molar-refractivity contribution in [1.82, 2.24) is 40.6 Å². The third-order valence-electron chi connectivity index (χ3n) is 10.6. The van der Waals surface area contributed by atoms with Crippen LogP contribution in [0.1, 0.15) is 62.8 Å². The van der Waals surface area contributed by atoms with E-state index in [0.29, 0.717) is 60.2 Å². The number of carbonyl (C=O) groups is 2. The molecule has 0 bridgehead atoms. The van der Waals surface area contributed by atoms with Crippen molar-refractivity contribution in [2.24, 2.45) is 10.2 Å². The summed E-state index contributed by atoms with van der Waals surface area (Å²) in [5.41, 5.74) is 2.57. The van der Waals surface area contributed by atoms with Crippen LogP contribution in [0.4, 0.5) is 11.4 Å². The number of nitrogens with one attached hydrogen (secondary N) is 2. The SMILES string of the molecule is O=C(CCCCCn1cc(COc2ccc(N=Nc3ccc(OCc4cn(CCCCCC(=O)NC(COCC(O)CO)COCC(O)CO)nn4)cc3)cc2)nn1)NC(COCC(O)CO)COCC(O)CO. The van der Waals surface area contributed by atoms with E-state index < -0.39 is 62.9 Å². The van der Waals surface area contributed by atoms with E-state index in [9.17, 15) is 30.0 Å². The molecule has 0 fully saturated rings. The Morgan fingerprint density at radius 1 is 0.486 bits per heavy atom. The molecule has 74 heavy (non-hydrogen) atoms. The van der Waals surface area contributed by atoms with Gasteiger partial charge in [0.25, 0.3) is 0 Å². The Morgan fingerprint density at radius 3 is 1.15 bits per heavy atom. The standard InChI is InChI=1S/C48H74N10O16/c59-21-41(63)31-69-25-39(26-70-32-42(64)22-60)49-47(67)7-3-1-5-17-57-19-37(53-55-57)29-73-45-13-9-35(10-14-45)51-52-36-11-15-46(16-12-36)74-30-38-20-58(56-54-38)18-6-2-4-8-48(68)50-40(27-71-33-43(65)23-61)28-72-34-44(66)24-62/h9-16,19-20,39-44,59-66H,1-8,17-18,21-34H2,(H,49,67)(H,50,68). The molecule has 4 aromatic rings. The number of hydrogen-bond donors (Lipinski definition) is 10. The van der Waals surface area contributed by atoms with E-state index in [1.54, 1.807) is 57.9 Å². The Labute approximate surface area is 429 Å². The van der Waals surface area contributed by atoms with Gasteiger partial charge in [-0.15, -0.1) is 10.2 Å². The summed E-state index contributed by atoms with van der Waals surface area (Å²) in [4.78, 5) is 25.2. The maximum absolute atomic E-state index is 12.6. The number of aryl methyl sites for hydroxylation is 2. The molecule has 0 aliphatic heterocycles. The minimum Gasteiger partial charge on any atom is -0.487 e. The maximum Gasteiger partial charge on any atom is 0.220 e. The number of amides is 2. The summed E-state index contributed by atoms with van der Waals surface area (Å²) in [6.45, 7) is -0.472. The fourth-order valence-electron chi connectivity index (χ4n) is 6.61. The van der Waals surface area contributed by atoms with Gasteiger partial charge in [-0.25, -0.2) is 0 Å². The number of azo groups is 1. The van der Waals surface area contributed by atoms with Crippen molar-refractivity contribution < 1.29 is 78.9 Å². The molecule has 0 aliphatic rings. The van der Waals surface area contributed by atoms with Crippen molar-refractivity contribution in [2.75, 3.05) is 79.3 Å². The first kappa shape index (κ1) is 60.9. The van der Waals surface area contributed by atoms with Crippen LogP contribution >= 0.6 is 0 Å². The monoisotopic (exact) mass is 1050 g/mol. The van der Waals surface area contributed by atoms with Crippen LogP contribution in [0.5, 0.6) is 11.5 Å². The second kappa shape index (κ2) is 36.3. The molecule has 10 N–H and O–H groups in total. The maximum atomic E-state index is 12.6. The zero-order valence-electron chi connectivity index (χ0n) is 41.6. The van der Waals surface area contributed by atoms with Gasteiger partial charge < -0.3 is 79.9 Å². The Balaban J connectivity index is 1.07. The van der Waals surface area contributed by atoms with Gasteiger partial charge in [-0.2, -0.15) is 10.2 Å². The molecule has 4 unspecified atom stereocenters. The summed E-state index contributed by atoms with van der Waals surface area (Å²) in [5.74, 6) is 0.833. The summed E-state index contributed by atoms with van der Waals surface area (Å²) in [6.07, 6.45) is 4.33. The van der Waals surface area contributed by atoms with E-state index in [1.807, 2.05) is 12.4 Å². The fourth-order valence-corrected chi connectivity index (χ4v) is 6.61. The smallest absolute Gasteiger partial charge is 0.220 e. The largest absolute Gasteiger partial charge is 0.487 e. The van der Waals surface area contributed by atoms with Gasteiger partial charge in [0, 0.05) is 25.9 Å². The fraction of sp³-hybridized carbons (Fsp3) is 0.625. The Hall–Kier alpha value is -5.62. The average Bonchev–Trinajstić information content (AvgIpc) is 4.08. The van der Waals surface area contributed by atoms with Gasteiger partial charge in [-0.3, -0.25) is 19.0 Å². The molecule has 0 spiro atoms. The molecule has 2 amide bonds. The molecule has 412 valence electrons. The molecule has 4 atom stereocenters. The number of aliphatic hydroxyl groups excluding tert-OH is 8. The lowest BCUT2D eigenvalue weighted by molar-refractivity contribution is -0.124. The molecular weight excluding hydrogens is 973 g/mol. The van der Waals surface area contributed by atoms with E-state index in [-0.39, 0.29) is 90.7 Å². The van der Waals surface area contributed by atoms with Gasteiger partial charge in [-0.1, -0.05) is 23.3 Å². The lowest BCUT2D eigenvalue weighted by Gasteiger charge is -2.20. The Bertz CT molecular complexity index is 1950.